The van der Waals surface area contributed by atoms with Crippen molar-refractivity contribution in [2.24, 2.45) is 5.73 Å². The molecule has 0 aromatic heterocycles. The van der Waals surface area contributed by atoms with Crippen molar-refractivity contribution in [1.29, 1.82) is 0 Å². The summed E-state index contributed by atoms with van der Waals surface area (Å²) in [5, 5.41) is 0. The molecular formula is C20H16F3N3O3. The Morgan fingerprint density at radius 2 is 1.79 bits per heavy atom. The van der Waals surface area contributed by atoms with Crippen LogP contribution in [0.5, 0.6) is 5.75 Å². The van der Waals surface area contributed by atoms with Crippen LogP contribution in [0.4, 0.5) is 18.9 Å². The SMILES string of the molecule is NC(=O)C1=CN(c2cccc(C(F)(F)F)c2)CC(C(=O)NOc2ccccc2)=C1. The molecule has 150 valence electrons. The fraction of sp³-hybridized carbons (Fsp3) is 0.100. The molecule has 1 aliphatic rings. The van der Waals surface area contributed by atoms with E-state index in [2.05, 4.69) is 5.48 Å². The summed E-state index contributed by atoms with van der Waals surface area (Å²) in [4.78, 5) is 30.6. The van der Waals surface area contributed by atoms with Gasteiger partial charge < -0.3 is 15.5 Å². The Bertz CT molecular complexity index is 985. The third-order valence-electron chi connectivity index (χ3n) is 4.05. The van der Waals surface area contributed by atoms with Gasteiger partial charge in [-0.05, 0) is 36.4 Å². The maximum Gasteiger partial charge on any atom is 0.416 e. The highest BCUT2D eigenvalue weighted by atomic mass is 19.4. The molecule has 0 saturated carbocycles. The van der Waals surface area contributed by atoms with Gasteiger partial charge in [0, 0.05) is 17.5 Å². The fourth-order valence-electron chi connectivity index (χ4n) is 2.63. The fourth-order valence-corrected chi connectivity index (χ4v) is 2.63. The molecule has 0 saturated heterocycles. The zero-order valence-corrected chi connectivity index (χ0v) is 14.9. The Hall–Kier alpha value is -3.75. The van der Waals surface area contributed by atoms with E-state index in [4.69, 9.17) is 10.6 Å². The van der Waals surface area contributed by atoms with Gasteiger partial charge in [0.1, 0.15) is 0 Å². The van der Waals surface area contributed by atoms with Gasteiger partial charge in [0.15, 0.2) is 5.75 Å². The lowest BCUT2D eigenvalue weighted by Crippen LogP contribution is -2.36. The van der Waals surface area contributed by atoms with E-state index < -0.39 is 23.6 Å². The van der Waals surface area contributed by atoms with Crippen LogP contribution in [0.1, 0.15) is 5.56 Å². The average Bonchev–Trinajstić information content (AvgIpc) is 2.72. The van der Waals surface area contributed by atoms with Gasteiger partial charge in [-0.15, -0.1) is 0 Å². The monoisotopic (exact) mass is 403 g/mol. The number of amides is 2. The first-order chi connectivity index (χ1) is 13.7. The third-order valence-corrected chi connectivity index (χ3v) is 4.05. The number of carbonyl (C=O) groups is 2. The molecule has 3 N–H and O–H groups in total. The van der Waals surface area contributed by atoms with E-state index >= 15 is 0 Å². The number of alkyl halides is 3. The van der Waals surface area contributed by atoms with E-state index in [-0.39, 0.29) is 23.4 Å². The molecule has 6 nitrogen and oxygen atoms in total. The Morgan fingerprint density at radius 3 is 2.45 bits per heavy atom. The molecule has 0 unspecified atom stereocenters. The van der Waals surface area contributed by atoms with Crippen LogP contribution in [0.15, 0.2) is 78.0 Å². The Morgan fingerprint density at radius 1 is 1.07 bits per heavy atom. The third kappa shape index (κ3) is 4.95. The molecule has 3 rings (SSSR count). The van der Waals surface area contributed by atoms with Gasteiger partial charge in [-0.25, -0.2) is 0 Å². The smallest absolute Gasteiger partial charge is 0.379 e. The van der Waals surface area contributed by atoms with Crippen LogP contribution in [0, 0.1) is 0 Å². The van der Waals surface area contributed by atoms with Crippen molar-refractivity contribution in [2.75, 3.05) is 11.4 Å². The molecule has 9 heteroatoms. The minimum absolute atomic E-state index is 0.0291. The van der Waals surface area contributed by atoms with E-state index in [1.807, 2.05) is 0 Å². The van der Waals surface area contributed by atoms with E-state index in [0.29, 0.717) is 5.75 Å². The number of hydrogen-bond acceptors (Lipinski definition) is 4. The molecule has 2 amide bonds. The van der Waals surface area contributed by atoms with Crippen LogP contribution in [-0.4, -0.2) is 18.4 Å². The van der Waals surface area contributed by atoms with Crippen molar-refractivity contribution in [1.82, 2.24) is 5.48 Å². The molecule has 0 aliphatic carbocycles. The quantitative estimate of drug-likeness (QED) is 0.752. The predicted octanol–water partition coefficient (Wildman–Crippen LogP) is 2.93. The lowest BCUT2D eigenvalue weighted by molar-refractivity contribution is -0.137. The van der Waals surface area contributed by atoms with Gasteiger partial charge in [0.05, 0.1) is 17.7 Å². The highest BCUT2D eigenvalue weighted by molar-refractivity contribution is 6.01. The van der Waals surface area contributed by atoms with Crippen LogP contribution in [0.25, 0.3) is 0 Å². The number of hydrogen-bond donors (Lipinski definition) is 2. The van der Waals surface area contributed by atoms with Gasteiger partial charge >= 0.3 is 6.18 Å². The van der Waals surface area contributed by atoms with Crippen molar-refractivity contribution in [3.05, 3.63) is 83.6 Å². The van der Waals surface area contributed by atoms with Crippen molar-refractivity contribution < 1.29 is 27.6 Å². The molecule has 0 fully saturated rings. The number of benzene rings is 2. The van der Waals surface area contributed by atoms with Crippen molar-refractivity contribution >= 4 is 17.5 Å². The van der Waals surface area contributed by atoms with Gasteiger partial charge in [0.2, 0.25) is 5.91 Å². The number of rotatable bonds is 5. The standard InChI is InChI=1S/C20H16F3N3O3/c21-20(22,23)15-5-4-6-16(10-15)26-11-13(18(24)27)9-14(12-26)19(28)25-29-17-7-2-1-3-8-17/h1-11H,12H2,(H2,24,27)(H,25,28). The number of nitrogens with one attached hydrogen (secondary N) is 1. The van der Waals surface area contributed by atoms with Crippen LogP contribution < -0.4 is 21.0 Å². The first-order valence-corrected chi connectivity index (χ1v) is 8.42. The zero-order chi connectivity index (χ0) is 21.0. The van der Waals surface area contributed by atoms with Crippen LogP contribution in [0.2, 0.25) is 0 Å². The Balaban J connectivity index is 1.82. The maximum atomic E-state index is 13.0. The van der Waals surface area contributed by atoms with Crippen molar-refractivity contribution in [3.8, 4) is 5.75 Å². The number of hydroxylamine groups is 1. The second-order valence-corrected chi connectivity index (χ2v) is 6.14. The number of nitrogens with zero attached hydrogens (tertiary/aromatic N) is 1. The van der Waals surface area contributed by atoms with Gasteiger partial charge in [-0.1, -0.05) is 24.3 Å². The summed E-state index contributed by atoms with van der Waals surface area (Å²) in [6.45, 7) is -0.0813. The Kier molecular flexibility index (Phi) is 5.58. The molecule has 2 aromatic carbocycles. The number of anilines is 1. The number of nitrogens with two attached hydrogens (primary N) is 1. The second-order valence-electron chi connectivity index (χ2n) is 6.14. The summed E-state index contributed by atoms with van der Waals surface area (Å²) >= 11 is 0. The van der Waals surface area contributed by atoms with Gasteiger partial charge in [-0.3, -0.25) is 9.59 Å². The average molecular weight is 403 g/mol. The van der Waals surface area contributed by atoms with E-state index in [0.717, 1.165) is 12.1 Å². The maximum absolute atomic E-state index is 13.0. The van der Waals surface area contributed by atoms with Crippen LogP contribution >= 0.6 is 0 Å². The normalized spacial score (nSPS) is 14.0. The molecule has 0 radical (unpaired) electrons. The van der Waals surface area contributed by atoms with E-state index in [1.54, 1.807) is 30.3 Å². The van der Waals surface area contributed by atoms with Gasteiger partial charge in [-0.2, -0.15) is 18.7 Å². The Labute approximate surface area is 164 Å². The highest BCUT2D eigenvalue weighted by Crippen LogP contribution is 2.32. The number of halogens is 3. The van der Waals surface area contributed by atoms with E-state index in [1.165, 1.54) is 29.3 Å². The predicted molar refractivity (Wildman–Crippen MR) is 99.4 cm³/mol. The van der Waals surface area contributed by atoms with Crippen LogP contribution in [-0.2, 0) is 15.8 Å². The summed E-state index contributed by atoms with van der Waals surface area (Å²) in [7, 11) is 0. The zero-order valence-electron chi connectivity index (χ0n) is 14.9. The lowest BCUT2D eigenvalue weighted by Gasteiger charge is -2.26. The number of primary amides is 1. The summed E-state index contributed by atoms with van der Waals surface area (Å²) in [5.41, 5.74) is 6.92. The van der Waals surface area contributed by atoms with Crippen molar-refractivity contribution in [3.63, 3.8) is 0 Å². The number of para-hydroxylation sites is 1. The number of carbonyl (C=O) groups excluding carboxylic acids is 2. The molecule has 1 heterocycles. The summed E-state index contributed by atoms with van der Waals surface area (Å²) in [6, 6.07) is 13.0. The second kappa shape index (κ2) is 8.09. The van der Waals surface area contributed by atoms with E-state index in [9.17, 15) is 22.8 Å². The molecule has 2 aromatic rings. The topological polar surface area (TPSA) is 84.7 Å². The van der Waals surface area contributed by atoms with Crippen molar-refractivity contribution in [2.45, 2.75) is 6.18 Å². The molecule has 0 spiro atoms. The molecule has 0 bridgehead atoms. The molecule has 1 aliphatic heterocycles. The first kappa shape index (κ1) is 20.0. The lowest BCUT2D eigenvalue weighted by atomic mass is 10.1. The molecule has 0 atom stereocenters. The highest BCUT2D eigenvalue weighted by Gasteiger charge is 2.31. The summed E-state index contributed by atoms with van der Waals surface area (Å²) < 4.78 is 39.0. The first-order valence-electron chi connectivity index (χ1n) is 8.42. The minimum atomic E-state index is -4.53. The molecular weight excluding hydrogens is 387 g/mol. The summed E-state index contributed by atoms with van der Waals surface area (Å²) in [5.74, 6) is -1.09. The minimum Gasteiger partial charge on any atom is -0.379 e. The van der Waals surface area contributed by atoms with Gasteiger partial charge in [0.25, 0.3) is 5.91 Å². The summed E-state index contributed by atoms with van der Waals surface area (Å²) in [6.07, 6.45) is -1.95. The largest absolute Gasteiger partial charge is 0.416 e. The molecule has 29 heavy (non-hydrogen) atoms. The van der Waals surface area contributed by atoms with Crippen LogP contribution in [0.3, 0.4) is 0 Å².